The van der Waals surface area contributed by atoms with Crippen LogP contribution in [0, 0.1) is 17.0 Å². The average Bonchev–Trinajstić information content (AvgIpc) is 2.65. The molecular formula is C19H21F2N5O2S. The quantitative estimate of drug-likeness (QED) is 0.415. The van der Waals surface area contributed by atoms with Gasteiger partial charge < -0.3 is 15.4 Å². The Labute approximate surface area is 170 Å². The van der Waals surface area contributed by atoms with Gasteiger partial charge in [-0.15, -0.1) is 0 Å². The maximum absolute atomic E-state index is 13.9. The molecule has 0 spiro atoms. The number of aromatic nitrogens is 4. The SMILES string of the molecule is CC(C)(C)C(CO)Nc1nc(SCc2cccc(F)c2F)nc2[nH]c(=O)cnc12. The molecule has 2 aromatic heterocycles. The molecule has 0 saturated carbocycles. The van der Waals surface area contributed by atoms with Gasteiger partial charge in [-0.05, 0) is 11.5 Å². The Morgan fingerprint density at radius 2 is 2.03 bits per heavy atom. The molecule has 29 heavy (non-hydrogen) atoms. The number of hydrogen-bond donors (Lipinski definition) is 3. The zero-order valence-corrected chi connectivity index (χ0v) is 17.0. The maximum atomic E-state index is 13.9. The Balaban J connectivity index is 1.97. The van der Waals surface area contributed by atoms with E-state index in [4.69, 9.17) is 0 Å². The highest BCUT2D eigenvalue weighted by molar-refractivity contribution is 7.98. The van der Waals surface area contributed by atoms with Gasteiger partial charge in [0.15, 0.2) is 28.3 Å². The van der Waals surface area contributed by atoms with Crippen molar-refractivity contribution in [1.29, 1.82) is 0 Å². The van der Waals surface area contributed by atoms with Crippen molar-refractivity contribution in [2.24, 2.45) is 5.41 Å². The fourth-order valence-electron chi connectivity index (χ4n) is 2.58. The smallest absolute Gasteiger partial charge is 0.268 e. The van der Waals surface area contributed by atoms with Gasteiger partial charge in [0.25, 0.3) is 5.56 Å². The number of anilines is 1. The van der Waals surface area contributed by atoms with Crippen LogP contribution >= 0.6 is 11.8 Å². The molecule has 3 rings (SSSR count). The first-order valence-corrected chi connectivity index (χ1v) is 9.87. The highest BCUT2D eigenvalue weighted by atomic mass is 32.2. The topological polar surface area (TPSA) is 104 Å². The normalized spacial score (nSPS) is 12.9. The van der Waals surface area contributed by atoms with E-state index in [2.05, 4.69) is 25.3 Å². The van der Waals surface area contributed by atoms with Crippen LogP contribution < -0.4 is 10.9 Å². The van der Waals surface area contributed by atoms with Crippen LogP contribution in [0.1, 0.15) is 26.3 Å². The second kappa shape index (κ2) is 8.42. The number of aromatic amines is 1. The summed E-state index contributed by atoms with van der Waals surface area (Å²) in [5.74, 6) is -1.40. The second-order valence-electron chi connectivity index (χ2n) is 7.55. The van der Waals surface area contributed by atoms with Crippen LogP contribution in [-0.4, -0.2) is 37.7 Å². The molecule has 0 bridgehead atoms. The van der Waals surface area contributed by atoms with Gasteiger partial charge in [-0.3, -0.25) is 4.79 Å². The molecule has 0 radical (unpaired) electrons. The van der Waals surface area contributed by atoms with Crippen molar-refractivity contribution in [3.05, 3.63) is 51.9 Å². The lowest BCUT2D eigenvalue weighted by atomic mass is 9.87. The lowest BCUT2D eigenvalue weighted by Gasteiger charge is -2.30. The van der Waals surface area contributed by atoms with Crippen LogP contribution in [0.3, 0.4) is 0 Å². The first-order chi connectivity index (χ1) is 13.7. The zero-order chi connectivity index (χ0) is 21.2. The molecule has 0 fully saturated rings. The largest absolute Gasteiger partial charge is 0.394 e. The second-order valence-corrected chi connectivity index (χ2v) is 8.49. The third-order valence-electron chi connectivity index (χ3n) is 4.34. The van der Waals surface area contributed by atoms with Crippen molar-refractivity contribution >= 4 is 28.7 Å². The Morgan fingerprint density at radius 3 is 2.72 bits per heavy atom. The van der Waals surface area contributed by atoms with Crippen molar-refractivity contribution in [2.45, 2.75) is 37.7 Å². The lowest BCUT2D eigenvalue weighted by molar-refractivity contribution is 0.201. The number of hydrogen-bond acceptors (Lipinski definition) is 7. The van der Waals surface area contributed by atoms with E-state index in [1.54, 1.807) is 0 Å². The molecule has 2 heterocycles. The number of H-pyrrole nitrogens is 1. The molecule has 3 aromatic rings. The van der Waals surface area contributed by atoms with Gasteiger partial charge in [-0.2, -0.15) is 0 Å². The first kappa shape index (κ1) is 21.1. The Morgan fingerprint density at radius 1 is 1.28 bits per heavy atom. The Bertz CT molecular complexity index is 1080. The summed E-state index contributed by atoms with van der Waals surface area (Å²) in [7, 11) is 0. The highest BCUT2D eigenvalue weighted by Gasteiger charge is 2.25. The molecule has 10 heteroatoms. The summed E-state index contributed by atoms with van der Waals surface area (Å²) in [4.78, 5) is 27.1. The standard InChI is InChI=1S/C19H21F2N5O2S/c1-19(2,3)12(8-27)23-16-15-17(24-13(28)7-22-15)26-18(25-16)29-9-10-5-4-6-11(20)14(10)21/h4-7,12,27H,8-9H2,1-3H3,(H2,23,24,25,26,28). The molecule has 1 atom stereocenters. The average molecular weight is 421 g/mol. The molecule has 154 valence electrons. The minimum atomic E-state index is -0.922. The van der Waals surface area contributed by atoms with Crippen molar-refractivity contribution < 1.29 is 13.9 Å². The van der Waals surface area contributed by atoms with Gasteiger partial charge in [-0.25, -0.2) is 23.7 Å². The molecule has 0 aliphatic heterocycles. The van der Waals surface area contributed by atoms with Gasteiger partial charge in [0, 0.05) is 11.3 Å². The van der Waals surface area contributed by atoms with E-state index in [9.17, 15) is 18.7 Å². The van der Waals surface area contributed by atoms with Crippen molar-refractivity contribution in [3.63, 3.8) is 0 Å². The first-order valence-electron chi connectivity index (χ1n) is 8.89. The van der Waals surface area contributed by atoms with Crippen LogP contribution in [0.5, 0.6) is 0 Å². The summed E-state index contributed by atoms with van der Waals surface area (Å²) in [6.07, 6.45) is 1.12. The van der Waals surface area contributed by atoms with E-state index in [0.717, 1.165) is 24.0 Å². The van der Waals surface area contributed by atoms with E-state index in [1.165, 1.54) is 12.1 Å². The van der Waals surface area contributed by atoms with Gasteiger partial charge in [0.05, 0.1) is 18.8 Å². The van der Waals surface area contributed by atoms with Gasteiger partial charge in [0.1, 0.15) is 5.52 Å². The molecule has 0 aliphatic rings. The van der Waals surface area contributed by atoms with E-state index in [-0.39, 0.29) is 40.2 Å². The van der Waals surface area contributed by atoms with E-state index in [1.807, 2.05) is 20.8 Å². The van der Waals surface area contributed by atoms with Crippen LogP contribution in [0.4, 0.5) is 14.6 Å². The van der Waals surface area contributed by atoms with Crippen LogP contribution in [0.25, 0.3) is 11.2 Å². The molecule has 7 nitrogen and oxygen atoms in total. The van der Waals surface area contributed by atoms with Gasteiger partial charge in [-0.1, -0.05) is 44.7 Å². The predicted molar refractivity (Wildman–Crippen MR) is 108 cm³/mol. The van der Waals surface area contributed by atoms with E-state index < -0.39 is 17.2 Å². The number of nitrogens with zero attached hydrogens (tertiary/aromatic N) is 3. The Kier molecular flexibility index (Phi) is 6.13. The van der Waals surface area contributed by atoms with Crippen molar-refractivity contribution in [1.82, 2.24) is 19.9 Å². The third-order valence-corrected chi connectivity index (χ3v) is 5.24. The number of benzene rings is 1. The molecular weight excluding hydrogens is 400 g/mol. The van der Waals surface area contributed by atoms with Gasteiger partial charge in [0.2, 0.25) is 0 Å². The van der Waals surface area contributed by atoms with E-state index >= 15 is 0 Å². The summed E-state index contributed by atoms with van der Waals surface area (Å²) in [5, 5.41) is 13.2. The highest BCUT2D eigenvalue weighted by Crippen LogP contribution is 2.28. The molecule has 0 saturated heterocycles. The summed E-state index contributed by atoms with van der Waals surface area (Å²) in [6.45, 7) is 5.74. The fourth-order valence-corrected chi connectivity index (χ4v) is 3.40. The molecule has 1 aromatic carbocycles. The minimum absolute atomic E-state index is 0.0989. The number of aliphatic hydroxyl groups is 1. The molecule has 3 N–H and O–H groups in total. The number of halogens is 2. The molecule has 1 unspecified atom stereocenters. The third kappa shape index (κ3) is 4.88. The lowest BCUT2D eigenvalue weighted by Crippen LogP contribution is -2.37. The summed E-state index contributed by atoms with van der Waals surface area (Å²) in [5.41, 5.74) is 0.0164. The summed E-state index contributed by atoms with van der Waals surface area (Å²) in [6, 6.07) is 3.62. The van der Waals surface area contributed by atoms with Gasteiger partial charge >= 0.3 is 0 Å². The van der Waals surface area contributed by atoms with Crippen molar-refractivity contribution in [3.8, 4) is 0 Å². The van der Waals surface area contributed by atoms with Crippen LogP contribution in [0.2, 0.25) is 0 Å². The number of aliphatic hydroxyl groups excluding tert-OH is 1. The van der Waals surface area contributed by atoms with Crippen LogP contribution in [0.15, 0.2) is 34.3 Å². The number of nitrogens with one attached hydrogen (secondary N) is 2. The summed E-state index contributed by atoms with van der Waals surface area (Å²) >= 11 is 1.09. The maximum Gasteiger partial charge on any atom is 0.268 e. The van der Waals surface area contributed by atoms with Crippen LogP contribution in [-0.2, 0) is 5.75 Å². The molecule has 0 amide bonds. The molecule has 0 aliphatic carbocycles. The monoisotopic (exact) mass is 421 g/mol. The zero-order valence-electron chi connectivity index (χ0n) is 16.2. The fraction of sp³-hybridized carbons (Fsp3) is 0.368. The number of fused-ring (bicyclic) bond motifs is 1. The number of thioether (sulfide) groups is 1. The number of rotatable bonds is 6. The minimum Gasteiger partial charge on any atom is -0.394 e. The Hall–Kier alpha value is -2.59. The van der Waals surface area contributed by atoms with Crippen molar-refractivity contribution in [2.75, 3.05) is 11.9 Å². The summed E-state index contributed by atoms with van der Waals surface area (Å²) < 4.78 is 27.3. The predicted octanol–water partition coefficient (Wildman–Crippen LogP) is 3.10. The van der Waals surface area contributed by atoms with E-state index in [0.29, 0.717) is 11.3 Å².